The van der Waals surface area contributed by atoms with Crippen LogP contribution in [0.2, 0.25) is 0 Å². The highest BCUT2D eigenvalue weighted by molar-refractivity contribution is 9.10. The highest BCUT2D eigenvalue weighted by atomic mass is 79.9. The van der Waals surface area contributed by atoms with Crippen molar-refractivity contribution in [2.45, 2.75) is 0 Å². The summed E-state index contributed by atoms with van der Waals surface area (Å²) >= 11 is 3.30. The summed E-state index contributed by atoms with van der Waals surface area (Å²) in [6, 6.07) is 10.7. The zero-order valence-corrected chi connectivity index (χ0v) is 10.2. The minimum Gasteiger partial charge on any atom is -0.478 e. The molecule has 2 aromatic carbocycles. The highest BCUT2D eigenvalue weighted by Crippen LogP contribution is 2.27. The number of hydrogen-bond donors (Lipinski definition) is 1. The summed E-state index contributed by atoms with van der Waals surface area (Å²) in [5.74, 6) is -1.52. The van der Waals surface area contributed by atoms with E-state index in [9.17, 15) is 9.18 Å². The van der Waals surface area contributed by atoms with Gasteiger partial charge in [-0.2, -0.15) is 0 Å². The van der Waals surface area contributed by atoms with Crippen molar-refractivity contribution < 1.29 is 14.3 Å². The summed E-state index contributed by atoms with van der Waals surface area (Å²) in [4.78, 5) is 11.1. The van der Waals surface area contributed by atoms with E-state index in [2.05, 4.69) is 15.9 Å². The molecular weight excluding hydrogens is 287 g/mol. The largest absolute Gasteiger partial charge is 0.478 e. The van der Waals surface area contributed by atoms with Gasteiger partial charge in [0, 0.05) is 4.47 Å². The van der Waals surface area contributed by atoms with Gasteiger partial charge in [0.15, 0.2) is 0 Å². The molecule has 0 aliphatic carbocycles. The quantitative estimate of drug-likeness (QED) is 0.910. The Kier molecular flexibility index (Phi) is 3.24. The summed E-state index contributed by atoms with van der Waals surface area (Å²) in [7, 11) is 0. The predicted octanol–water partition coefficient (Wildman–Crippen LogP) is 3.95. The van der Waals surface area contributed by atoms with Gasteiger partial charge >= 0.3 is 5.97 Å². The van der Waals surface area contributed by atoms with Gasteiger partial charge in [-0.25, -0.2) is 9.18 Å². The number of hydrogen-bond acceptors (Lipinski definition) is 1. The Balaban J connectivity index is 2.65. The van der Waals surface area contributed by atoms with E-state index >= 15 is 0 Å². The Morgan fingerprint density at radius 3 is 2.59 bits per heavy atom. The molecule has 2 rings (SSSR count). The van der Waals surface area contributed by atoms with Crippen LogP contribution in [0.15, 0.2) is 46.9 Å². The molecular formula is C13H8BrFO2. The van der Waals surface area contributed by atoms with Crippen LogP contribution in [0.5, 0.6) is 0 Å². The van der Waals surface area contributed by atoms with Crippen LogP contribution < -0.4 is 0 Å². The van der Waals surface area contributed by atoms with Crippen molar-refractivity contribution in [3.8, 4) is 11.1 Å². The molecule has 1 N–H and O–H groups in total. The minimum absolute atomic E-state index is 0.0875. The summed E-state index contributed by atoms with van der Waals surface area (Å²) in [5.41, 5.74) is 1.12. The molecule has 0 atom stereocenters. The standard InChI is InChI=1S/C13H8BrFO2/c14-9-3-1-2-8(6-9)12-7-10(15)4-5-11(12)13(16)17/h1-7H,(H,16,17). The van der Waals surface area contributed by atoms with Crippen LogP contribution in [-0.4, -0.2) is 11.1 Å². The van der Waals surface area contributed by atoms with E-state index in [0.717, 1.165) is 10.5 Å². The van der Waals surface area contributed by atoms with Crippen molar-refractivity contribution in [3.05, 3.63) is 58.3 Å². The molecule has 0 saturated carbocycles. The van der Waals surface area contributed by atoms with E-state index < -0.39 is 11.8 Å². The maximum Gasteiger partial charge on any atom is 0.336 e. The number of carboxylic acid groups (broad SMARTS) is 1. The normalized spacial score (nSPS) is 10.2. The monoisotopic (exact) mass is 294 g/mol. The van der Waals surface area contributed by atoms with Crippen LogP contribution in [-0.2, 0) is 0 Å². The number of benzene rings is 2. The van der Waals surface area contributed by atoms with Crippen molar-refractivity contribution in [1.29, 1.82) is 0 Å². The van der Waals surface area contributed by atoms with Crippen molar-refractivity contribution in [1.82, 2.24) is 0 Å². The van der Waals surface area contributed by atoms with Crippen LogP contribution in [0.25, 0.3) is 11.1 Å². The first kappa shape index (κ1) is 11.8. The summed E-state index contributed by atoms with van der Waals surface area (Å²) in [5, 5.41) is 9.05. The molecule has 0 bridgehead atoms. The van der Waals surface area contributed by atoms with Gasteiger partial charge < -0.3 is 5.11 Å². The molecule has 0 aliphatic heterocycles. The van der Waals surface area contributed by atoms with Crippen molar-refractivity contribution in [3.63, 3.8) is 0 Å². The molecule has 0 fully saturated rings. The lowest BCUT2D eigenvalue weighted by molar-refractivity contribution is 0.0697. The number of aromatic carboxylic acids is 1. The first-order valence-corrected chi connectivity index (χ1v) is 5.66. The number of rotatable bonds is 2. The van der Waals surface area contributed by atoms with Gasteiger partial charge in [-0.3, -0.25) is 0 Å². The maximum atomic E-state index is 13.2. The zero-order chi connectivity index (χ0) is 12.4. The van der Waals surface area contributed by atoms with Gasteiger partial charge in [-0.15, -0.1) is 0 Å². The Hall–Kier alpha value is -1.68. The second kappa shape index (κ2) is 4.67. The third-order valence-electron chi connectivity index (χ3n) is 2.35. The fourth-order valence-corrected chi connectivity index (χ4v) is 2.00. The SMILES string of the molecule is O=C(O)c1ccc(F)cc1-c1cccc(Br)c1. The second-order valence-electron chi connectivity index (χ2n) is 3.51. The molecule has 0 unspecified atom stereocenters. The third-order valence-corrected chi connectivity index (χ3v) is 2.84. The van der Waals surface area contributed by atoms with E-state index in [1.165, 1.54) is 12.1 Å². The van der Waals surface area contributed by atoms with E-state index in [1.807, 2.05) is 6.07 Å². The van der Waals surface area contributed by atoms with Crippen molar-refractivity contribution in [2.75, 3.05) is 0 Å². The van der Waals surface area contributed by atoms with Crippen LogP contribution in [0.3, 0.4) is 0 Å². The minimum atomic E-state index is -1.07. The van der Waals surface area contributed by atoms with E-state index in [4.69, 9.17) is 5.11 Å². The lowest BCUT2D eigenvalue weighted by atomic mass is 10.00. The highest BCUT2D eigenvalue weighted by Gasteiger charge is 2.12. The molecule has 2 aromatic rings. The van der Waals surface area contributed by atoms with Gasteiger partial charge in [-0.1, -0.05) is 28.1 Å². The van der Waals surface area contributed by atoms with E-state index in [1.54, 1.807) is 18.2 Å². The van der Waals surface area contributed by atoms with Gasteiger partial charge in [0.1, 0.15) is 5.82 Å². The smallest absolute Gasteiger partial charge is 0.336 e. The molecule has 0 aliphatic rings. The molecule has 2 nitrogen and oxygen atoms in total. The van der Waals surface area contributed by atoms with E-state index in [-0.39, 0.29) is 5.56 Å². The van der Waals surface area contributed by atoms with Gasteiger partial charge in [0.2, 0.25) is 0 Å². The van der Waals surface area contributed by atoms with Crippen LogP contribution in [0.1, 0.15) is 10.4 Å². The summed E-state index contributed by atoms with van der Waals surface area (Å²) in [6.07, 6.45) is 0. The zero-order valence-electron chi connectivity index (χ0n) is 8.65. The maximum absolute atomic E-state index is 13.2. The van der Waals surface area contributed by atoms with Crippen molar-refractivity contribution >= 4 is 21.9 Å². The van der Waals surface area contributed by atoms with Gasteiger partial charge in [0.25, 0.3) is 0 Å². The summed E-state index contributed by atoms with van der Waals surface area (Å²) < 4.78 is 14.0. The molecule has 0 radical (unpaired) electrons. The fraction of sp³-hybridized carbons (Fsp3) is 0. The van der Waals surface area contributed by atoms with Crippen molar-refractivity contribution in [2.24, 2.45) is 0 Å². The third kappa shape index (κ3) is 2.53. The lowest BCUT2D eigenvalue weighted by Crippen LogP contribution is -2.00. The van der Waals surface area contributed by atoms with Gasteiger partial charge in [0.05, 0.1) is 5.56 Å². The Morgan fingerprint density at radius 2 is 1.94 bits per heavy atom. The lowest BCUT2D eigenvalue weighted by Gasteiger charge is -2.06. The van der Waals surface area contributed by atoms with Crippen LogP contribution in [0.4, 0.5) is 4.39 Å². The molecule has 86 valence electrons. The first-order valence-electron chi connectivity index (χ1n) is 4.87. The van der Waals surface area contributed by atoms with Crippen LogP contribution in [0, 0.1) is 5.82 Å². The number of halogens is 2. The fourth-order valence-electron chi connectivity index (χ4n) is 1.60. The first-order chi connectivity index (χ1) is 8.08. The predicted molar refractivity (Wildman–Crippen MR) is 66.5 cm³/mol. The van der Waals surface area contributed by atoms with Gasteiger partial charge in [-0.05, 0) is 41.5 Å². The molecule has 4 heteroatoms. The molecule has 0 saturated heterocycles. The summed E-state index contributed by atoms with van der Waals surface area (Å²) in [6.45, 7) is 0. The second-order valence-corrected chi connectivity index (χ2v) is 4.42. The molecule has 0 aromatic heterocycles. The number of carbonyl (C=O) groups is 1. The molecule has 0 spiro atoms. The average molecular weight is 295 g/mol. The Labute approximate surface area is 106 Å². The molecule has 0 amide bonds. The van der Waals surface area contributed by atoms with Crippen LogP contribution >= 0.6 is 15.9 Å². The molecule has 17 heavy (non-hydrogen) atoms. The Morgan fingerprint density at radius 1 is 1.18 bits per heavy atom. The Bertz CT molecular complexity index is 581. The van der Waals surface area contributed by atoms with E-state index in [0.29, 0.717) is 11.1 Å². The number of carboxylic acids is 1. The molecule has 0 heterocycles. The average Bonchev–Trinajstić information content (AvgIpc) is 2.28. The topological polar surface area (TPSA) is 37.3 Å².